The molecule has 1 amide bonds. The van der Waals surface area contributed by atoms with Gasteiger partial charge in [0, 0.05) is 5.41 Å². The molecular weight excluding hydrogens is 352 g/mol. The van der Waals surface area contributed by atoms with Crippen LogP contribution in [0.3, 0.4) is 0 Å². The normalized spacial score (nSPS) is 11.9. The Morgan fingerprint density at radius 2 is 1.68 bits per heavy atom. The molecule has 0 aliphatic rings. The minimum atomic E-state index is -0.334. The molecule has 0 fully saturated rings. The number of furan rings is 1. The first-order chi connectivity index (χ1) is 13.5. The molecule has 0 saturated carbocycles. The van der Waals surface area contributed by atoms with Gasteiger partial charge in [-0.2, -0.15) is 5.10 Å². The molecule has 0 saturated heterocycles. The maximum absolute atomic E-state index is 11.9. The highest BCUT2D eigenvalue weighted by atomic mass is 16.5. The van der Waals surface area contributed by atoms with Crippen LogP contribution in [-0.4, -0.2) is 18.2 Å². The largest absolute Gasteiger partial charge is 0.484 e. The Bertz CT molecular complexity index is 928. The highest BCUT2D eigenvalue weighted by molar-refractivity contribution is 5.96. The van der Waals surface area contributed by atoms with E-state index >= 15 is 0 Å². The fourth-order valence-corrected chi connectivity index (χ4v) is 2.86. The molecule has 3 rings (SSSR count). The van der Waals surface area contributed by atoms with E-state index in [1.807, 2.05) is 42.5 Å². The molecule has 5 nitrogen and oxygen atoms in total. The highest BCUT2D eigenvalue weighted by Gasteiger charge is 2.22. The summed E-state index contributed by atoms with van der Waals surface area (Å²) in [6.07, 6.45) is 1.56. The number of hydrazone groups is 1. The van der Waals surface area contributed by atoms with Crippen molar-refractivity contribution in [1.82, 2.24) is 5.43 Å². The predicted molar refractivity (Wildman–Crippen MR) is 110 cm³/mol. The van der Waals surface area contributed by atoms with E-state index < -0.39 is 0 Å². The number of carbonyl (C=O) groups excluding carboxylic acids is 1. The molecule has 0 aliphatic heterocycles. The third kappa shape index (κ3) is 4.68. The average Bonchev–Trinajstić information content (AvgIpc) is 3.26. The van der Waals surface area contributed by atoms with Gasteiger partial charge in [0.2, 0.25) is 0 Å². The summed E-state index contributed by atoms with van der Waals surface area (Å²) in [6, 6.07) is 21.7. The second-order valence-corrected chi connectivity index (χ2v) is 7.01. The van der Waals surface area contributed by atoms with Crippen molar-refractivity contribution in [2.24, 2.45) is 5.10 Å². The number of rotatable bonds is 7. The Morgan fingerprint density at radius 3 is 2.32 bits per heavy atom. The molecular formula is C23H24N2O3. The Balaban J connectivity index is 1.56. The molecule has 0 unspecified atom stereocenters. The summed E-state index contributed by atoms with van der Waals surface area (Å²) in [6.45, 7) is 6.01. The van der Waals surface area contributed by atoms with Gasteiger partial charge in [0.1, 0.15) is 17.2 Å². The van der Waals surface area contributed by atoms with Crippen LogP contribution in [0.5, 0.6) is 5.75 Å². The molecule has 2 aromatic carbocycles. The summed E-state index contributed by atoms with van der Waals surface area (Å²) in [4.78, 5) is 11.9. The summed E-state index contributed by atoms with van der Waals surface area (Å²) >= 11 is 0. The summed E-state index contributed by atoms with van der Waals surface area (Å²) in [5.41, 5.74) is 5.35. The SMILES string of the molecule is C/C(=N/NC(=O)COc1ccc(C(C)(C)c2ccccc2)cc1)c1ccco1. The van der Waals surface area contributed by atoms with Crippen molar-refractivity contribution in [1.29, 1.82) is 0 Å². The van der Waals surface area contributed by atoms with Gasteiger partial charge >= 0.3 is 0 Å². The number of benzene rings is 2. The maximum atomic E-state index is 11.9. The van der Waals surface area contributed by atoms with Crippen LogP contribution in [0.4, 0.5) is 0 Å². The number of hydrogen-bond donors (Lipinski definition) is 1. The standard InChI is InChI=1S/C23H24N2O3/c1-17(21-10-7-15-27-21)24-25-22(26)16-28-20-13-11-19(12-14-20)23(2,3)18-8-5-4-6-9-18/h4-15H,16H2,1-3H3,(H,25,26)/b24-17-. The number of nitrogens with zero attached hydrogens (tertiary/aromatic N) is 1. The highest BCUT2D eigenvalue weighted by Crippen LogP contribution is 2.32. The Morgan fingerprint density at radius 1 is 1.00 bits per heavy atom. The fraction of sp³-hybridized carbons (Fsp3) is 0.217. The van der Waals surface area contributed by atoms with E-state index in [2.05, 4.69) is 36.5 Å². The van der Waals surface area contributed by atoms with Crippen molar-refractivity contribution in [3.8, 4) is 5.75 Å². The summed E-state index contributed by atoms with van der Waals surface area (Å²) in [5, 5.41) is 4.00. The number of ether oxygens (including phenoxy) is 1. The van der Waals surface area contributed by atoms with Crippen molar-refractivity contribution in [2.75, 3.05) is 6.61 Å². The van der Waals surface area contributed by atoms with Gasteiger partial charge in [-0.3, -0.25) is 4.79 Å². The zero-order valence-electron chi connectivity index (χ0n) is 16.3. The fourth-order valence-electron chi connectivity index (χ4n) is 2.86. The van der Waals surface area contributed by atoms with Crippen LogP contribution < -0.4 is 10.2 Å². The number of hydrogen-bond acceptors (Lipinski definition) is 4. The topological polar surface area (TPSA) is 63.8 Å². The zero-order valence-corrected chi connectivity index (χ0v) is 16.3. The number of nitrogens with one attached hydrogen (secondary N) is 1. The lowest BCUT2D eigenvalue weighted by Gasteiger charge is -2.26. The molecule has 0 spiro atoms. The smallest absolute Gasteiger partial charge is 0.277 e. The summed E-state index contributed by atoms with van der Waals surface area (Å²) < 4.78 is 10.8. The third-order valence-corrected chi connectivity index (χ3v) is 4.67. The van der Waals surface area contributed by atoms with Crippen molar-refractivity contribution in [3.63, 3.8) is 0 Å². The first-order valence-corrected chi connectivity index (χ1v) is 9.12. The van der Waals surface area contributed by atoms with E-state index in [9.17, 15) is 4.79 Å². The predicted octanol–water partition coefficient (Wildman–Crippen LogP) is 4.52. The van der Waals surface area contributed by atoms with E-state index in [4.69, 9.17) is 9.15 Å². The minimum absolute atomic E-state index is 0.115. The molecule has 1 heterocycles. The van der Waals surface area contributed by atoms with Crippen molar-refractivity contribution in [2.45, 2.75) is 26.2 Å². The van der Waals surface area contributed by atoms with Crippen molar-refractivity contribution in [3.05, 3.63) is 89.9 Å². The number of carbonyl (C=O) groups is 1. The van der Waals surface area contributed by atoms with Gasteiger partial charge in [0.05, 0.1) is 6.26 Å². The Labute approximate surface area is 165 Å². The monoisotopic (exact) mass is 376 g/mol. The minimum Gasteiger partial charge on any atom is -0.484 e. The van der Waals surface area contributed by atoms with Crippen LogP contribution in [0.25, 0.3) is 0 Å². The molecule has 144 valence electrons. The van der Waals surface area contributed by atoms with E-state index in [0.29, 0.717) is 17.2 Å². The quantitative estimate of drug-likeness (QED) is 0.487. The van der Waals surface area contributed by atoms with Crippen LogP contribution >= 0.6 is 0 Å². The van der Waals surface area contributed by atoms with Gasteiger partial charge in [0.25, 0.3) is 5.91 Å². The van der Waals surface area contributed by atoms with Gasteiger partial charge in [-0.05, 0) is 42.3 Å². The van der Waals surface area contributed by atoms with Crippen LogP contribution in [-0.2, 0) is 10.2 Å². The van der Waals surface area contributed by atoms with E-state index in [1.165, 1.54) is 11.1 Å². The molecule has 0 aliphatic carbocycles. The molecule has 5 heteroatoms. The van der Waals surface area contributed by atoms with Crippen LogP contribution in [0.1, 0.15) is 37.7 Å². The van der Waals surface area contributed by atoms with Gasteiger partial charge in [-0.1, -0.05) is 56.3 Å². The molecule has 0 atom stereocenters. The van der Waals surface area contributed by atoms with Crippen LogP contribution in [0.15, 0.2) is 82.5 Å². The summed E-state index contributed by atoms with van der Waals surface area (Å²) in [7, 11) is 0. The lowest BCUT2D eigenvalue weighted by atomic mass is 9.78. The molecule has 1 N–H and O–H groups in total. The Hall–Kier alpha value is -3.34. The molecule has 3 aromatic rings. The van der Waals surface area contributed by atoms with Crippen molar-refractivity contribution < 1.29 is 13.9 Å². The molecule has 1 aromatic heterocycles. The summed E-state index contributed by atoms with van der Waals surface area (Å²) in [5.74, 6) is 0.909. The number of amides is 1. The van der Waals surface area contributed by atoms with Crippen LogP contribution in [0.2, 0.25) is 0 Å². The second-order valence-electron chi connectivity index (χ2n) is 7.01. The lowest BCUT2D eigenvalue weighted by molar-refractivity contribution is -0.123. The first kappa shape index (κ1) is 19.4. The third-order valence-electron chi connectivity index (χ3n) is 4.67. The molecule has 28 heavy (non-hydrogen) atoms. The Kier molecular flexibility index (Phi) is 5.94. The van der Waals surface area contributed by atoms with E-state index in [-0.39, 0.29) is 17.9 Å². The molecule has 0 radical (unpaired) electrons. The van der Waals surface area contributed by atoms with Gasteiger partial charge in [-0.25, -0.2) is 5.43 Å². The first-order valence-electron chi connectivity index (χ1n) is 9.12. The van der Waals surface area contributed by atoms with Gasteiger partial charge < -0.3 is 9.15 Å². The zero-order chi connectivity index (χ0) is 20.0. The maximum Gasteiger partial charge on any atom is 0.277 e. The molecule has 0 bridgehead atoms. The van der Waals surface area contributed by atoms with Gasteiger partial charge in [-0.15, -0.1) is 0 Å². The van der Waals surface area contributed by atoms with Gasteiger partial charge in [0.15, 0.2) is 6.61 Å². The second kappa shape index (κ2) is 8.57. The lowest BCUT2D eigenvalue weighted by Crippen LogP contribution is -2.25. The van der Waals surface area contributed by atoms with E-state index in [0.717, 1.165) is 0 Å². The van der Waals surface area contributed by atoms with E-state index in [1.54, 1.807) is 25.3 Å². The van der Waals surface area contributed by atoms with Crippen molar-refractivity contribution >= 4 is 11.6 Å². The average molecular weight is 376 g/mol. The van der Waals surface area contributed by atoms with Crippen LogP contribution in [0, 0.1) is 0 Å².